The van der Waals surface area contributed by atoms with E-state index in [-0.39, 0.29) is 11.8 Å². The van der Waals surface area contributed by atoms with Gasteiger partial charge in [0.15, 0.2) is 0 Å². The van der Waals surface area contributed by atoms with Gasteiger partial charge < -0.3 is 5.32 Å². The number of carbonyl (C=O) groups excluding carboxylic acids is 1. The predicted octanol–water partition coefficient (Wildman–Crippen LogP) is 1.64. The van der Waals surface area contributed by atoms with E-state index in [4.69, 9.17) is 0 Å². The molecule has 1 N–H and O–H groups in total. The molecule has 0 spiro atoms. The molecule has 0 fully saturated rings. The number of carbonyl (C=O) groups is 1. The molecule has 0 radical (unpaired) electrons. The van der Waals surface area contributed by atoms with E-state index in [1.54, 1.807) is 0 Å². The zero-order chi connectivity index (χ0) is 8.97. The highest BCUT2D eigenvalue weighted by atomic mass is 16.1. The van der Waals surface area contributed by atoms with Crippen LogP contribution in [0.5, 0.6) is 0 Å². The summed E-state index contributed by atoms with van der Waals surface area (Å²) in [6.07, 6.45) is 5.90. The van der Waals surface area contributed by atoms with E-state index in [9.17, 15) is 4.79 Å². The largest absolute Gasteiger partial charge is 0.352 e. The fraction of sp³-hybridized carbons (Fsp3) is 0.500. The standard InChI is InChI=1S/C10H15NO/c1-8(2)7-11-10(12)9-5-3-4-6-9/h3-4,9H,1,5-7H2,2H3,(H,11,12). The van der Waals surface area contributed by atoms with Crippen molar-refractivity contribution in [1.82, 2.24) is 5.32 Å². The molecule has 12 heavy (non-hydrogen) atoms. The molecule has 2 nitrogen and oxygen atoms in total. The average molecular weight is 165 g/mol. The van der Waals surface area contributed by atoms with Crippen LogP contribution in [0, 0.1) is 5.92 Å². The number of rotatable bonds is 3. The fourth-order valence-corrected chi connectivity index (χ4v) is 1.21. The highest BCUT2D eigenvalue weighted by Crippen LogP contribution is 2.17. The molecule has 1 amide bonds. The zero-order valence-electron chi connectivity index (χ0n) is 7.47. The van der Waals surface area contributed by atoms with Gasteiger partial charge in [-0.1, -0.05) is 24.3 Å². The van der Waals surface area contributed by atoms with Gasteiger partial charge >= 0.3 is 0 Å². The highest BCUT2D eigenvalue weighted by Gasteiger charge is 2.17. The molecule has 0 aromatic rings. The second-order valence-corrected chi connectivity index (χ2v) is 3.31. The summed E-state index contributed by atoms with van der Waals surface area (Å²) < 4.78 is 0. The van der Waals surface area contributed by atoms with E-state index in [1.807, 2.05) is 6.92 Å². The van der Waals surface area contributed by atoms with Crippen molar-refractivity contribution in [3.05, 3.63) is 24.3 Å². The third kappa shape index (κ3) is 2.53. The Kier molecular flexibility index (Phi) is 3.09. The van der Waals surface area contributed by atoms with Gasteiger partial charge in [0.2, 0.25) is 5.91 Å². The minimum Gasteiger partial charge on any atom is -0.352 e. The Morgan fingerprint density at radius 3 is 2.67 bits per heavy atom. The lowest BCUT2D eigenvalue weighted by Crippen LogP contribution is -2.30. The van der Waals surface area contributed by atoms with Gasteiger partial charge in [0.25, 0.3) is 0 Å². The van der Waals surface area contributed by atoms with Crippen molar-refractivity contribution in [2.45, 2.75) is 19.8 Å². The highest BCUT2D eigenvalue weighted by molar-refractivity contribution is 5.79. The second kappa shape index (κ2) is 4.10. The topological polar surface area (TPSA) is 29.1 Å². The maximum Gasteiger partial charge on any atom is 0.223 e. The number of hydrogen-bond acceptors (Lipinski definition) is 1. The molecule has 0 saturated heterocycles. The predicted molar refractivity (Wildman–Crippen MR) is 49.7 cm³/mol. The van der Waals surface area contributed by atoms with Crippen molar-refractivity contribution >= 4 is 5.91 Å². The minimum atomic E-state index is 0.156. The molecule has 0 atom stereocenters. The van der Waals surface area contributed by atoms with Gasteiger partial charge in [-0.15, -0.1) is 0 Å². The van der Waals surface area contributed by atoms with Crippen molar-refractivity contribution in [2.75, 3.05) is 6.54 Å². The van der Waals surface area contributed by atoms with Gasteiger partial charge in [0.1, 0.15) is 0 Å². The fourth-order valence-electron chi connectivity index (χ4n) is 1.21. The molecule has 0 aliphatic heterocycles. The van der Waals surface area contributed by atoms with Gasteiger partial charge in [-0.05, 0) is 19.8 Å². The van der Waals surface area contributed by atoms with Crippen LogP contribution in [0.3, 0.4) is 0 Å². The lowest BCUT2D eigenvalue weighted by atomic mass is 10.1. The van der Waals surface area contributed by atoms with Gasteiger partial charge in [-0.25, -0.2) is 0 Å². The first kappa shape index (κ1) is 9.04. The van der Waals surface area contributed by atoms with E-state index in [0.717, 1.165) is 18.4 Å². The molecule has 2 heteroatoms. The average Bonchev–Trinajstić information content (AvgIpc) is 2.51. The molecule has 0 heterocycles. The van der Waals surface area contributed by atoms with E-state index >= 15 is 0 Å². The molecule has 66 valence electrons. The summed E-state index contributed by atoms with van der Waals surface area (Å²) in [5, 5.41) is 2.85. The first-order chi connectivity index (χ1) is 5.70. The Hall–Kier alpha value is -1.05. The summed E-state index contributed by atoms with van der Waals surface area (Å²) in [6, 6.07) is 0. The lowest BCUT2D eigenvalue weighted by Gasteiger charge is -2.09. The molecule has 0 aromatic carbocycles. The maximum absolute atomic E-state index is 11.4. The molecule has 0 aromatic heterocycles. The number of allylic oxidation sites excluding steroid dienone is 2. The Bertz CT molecular complexity index is 210. The molecular formula is C10H15NO. The first-order valence-corrected chi connectivity index (χ1v) is 4.27. The zero-order valence-corrected chi connectivity index (χ0v) is 7.47. The minimum absolute atomic E-state index is 0.156. The lowest BCUT2D eigenvalue weighted by molar-refractivity contribution is -0.124. The Balaban J connectivity index is 2.24. The van der Waals surface area contributed by atoms with Crippen molar-refractivity contribution in [3.8, 4) is 0 Å². The van der Waals surface area contributed by atoms with Crippen molar-refractivity contribution in [3.63, 3.8) is 0 Å². The number of nitrogens with one attached hydrogen (secondary N) is 1. The van der Waals surface area contributed by atoms with Crippen LogP contribution in [-0.2, 0) is 4.79 Å². The number of amides is 1. The summed E-state index contributed by atoms with van der Waals surface area (Å²) in [5.41, 5.74) is 0.995. The third-order valence-corrected chi connectivity index (χ3v) is 1.94. The third-order valence-electron chi connectivity index (χ3n) is 1.94. The van der Waals surface area contributed by atoms with Crippen LogP contribution in [0.25, 0.3) is 0 Å². The summed E-state index contributed by atoms with van der Waals surface area (Å²) in [6.45, 7) is 6.24. The maximum atomic E-state index is 11.4. The Labute approximate surface area is 73.4 Å². The quantitative estimate of drug-likeness (QED) is 0.633. The van der Waals surface area contributed by atoms with Crippen molar-refractivity contribution in [2.24, 2.45) is 5.92 Å². The molecule has 0 unspecified atom stereocenters. The van der Waals surface area contributed by atoms with Crippen LogP contribution in [0.2, 0.25) is 0 Å². The van der Waals surface area contributed by atoms with Crippen LogP contribution in [0.15, 0.2) is 24.3 Å². The molecule has 0 saturated carbocycles. The smallest absolute Gasteiger partial charge is 0.223 e. The van der Waals surface area contributed by atoms with E-state index in [0.29, 0.717) is 6.54 Å². The SMILES string of the molecule is C=C(C)CNC(=O)C1CC=CC1. The molecular weight excluding hydrogens is 150 g/mol. The van der Waals surface area contributed by atoms with Crippen molar-refractivity contribution in [1.29, 1.82) is 0 Å². The van der Waals surface area contributed by atoms with Gasteiger partial charge in [-0.2, -0.15) is 0 Å². The van der Waals surface area contributed by atoms with E-state index in [2.05, 4.69) is 24.0 Å². The Morgan fingerprint density at radius 2 is 2.17 bits per heavy atom. The van der Waals surface area contributed by atoms with Gasteiger partial charge in [0, 0.05) is 12.5 Å². The first-order valence-electron chi connectivity index (χ1n) is 4.27. The van der Waals surface area contributed by atoms with Crippen LogP contribution in [-0.4, -0.2) is 12.5 Å². The van der Waals surface area contributed by atoms with E-state index < -0.39 is 0 Å². The summed E-state index contributed by atoms with van der Waals surface area (Å²) in [4.78, 5) is 11.4. The van der Waals surface area contributed by atoms with Crippen LogP contribution in [0.4, 0.5) is 0 Å². The molecule has 1 rings (SSSR count). The van der Waals surface area contributed by atoms with Gasteiger partial charge in [0.05, 0.1) is 0 Å². The van der Waals surface area contributed by atoms with Crippen LogP contribution >= 0.6 is 0 Å². The van der Waals surface area contributed by atoms with E-state index in [1.165, 1.54) is 0 Å². The normalized spacial score (nSPS) is 16.4. The summed E-state index contributed by atoms with van der Waals surface area (Å²) >= 11 is 0. The molecule has 0 bridgehead atoms. The molecule has 1 aliphatic carbocycles. The van der Waals surface area contributed by atoms with Crippen LogP contribution in [0.1, 0.15) is 19.8 Å². The van der Waals surface area contributed by atoms with Crippen LogP contribution < -0.4 is 5.32 Å². The number of hydrogen-bond donors (Lipinski definition) is 1. The summed E-state index contributed by atoms with van der Waals surface area (Å²) in [7, 11) is 0. The second-order valence-electron chi connectivity index (χ2n) is 3.31. The van der Waals surface area contributed by atoms with Gasteiger partial charge in [-0.3, -0.25) is 4.79 Å². The monoisotopic (exact) mass is 165 g/mol. The summed E-state index contributed by atoms with van der Waals surface area (Å²) in [5.74, 6) is 0.326. The van der Waals surface area contributed by atoms with Crippen molar-refractivity contribution < 1.29 is 4.79 Å². The Morgan fingerprint density at radius 1 is 1.58 bits per heavy atom. The molecule has 1 aliphatic rings.